The third-order valence-electron chi connectivity index (χ3n) is 1.46. The van der Waals surface area contributed by atoms with Crippen molar-refractivity contribution in [3.05, 3.63) is 36.6 Å². The molecule has 0 aromatic heterocycles. The Kier molecular flexibility index (Phi) is 2.36. The minimum atomic E-state index is 0.697. The van der Waals surface area contributed by atoms with Crippen LogP contribution < -0.4 is 0 Å². The second kappa shape index (κ2) is 3.28. The third-order valence-corrected chi connectivity index (χ3v) is 1.46. The Hall–Kier alpha value is -1.18. The molecule has 0 N–H and O–H groups in total. The van der Waals surface area contributed by atoms with Gasteiger partial charge in [0.15, 0.2) is 5.88 Å². The number of hydrogen-bond donors (Lipinski definition) is 0. The van der Waals surface area contributed by atoms with Crippen LogP contribution in [0.5, 0.6) is 0 Å². The average Bonchev–Trinajstić information content (AvgIpc) is 2.31. The van der Waals surface area contributed by atoms with E-state index in [9.17, 15) is 0 Å². The molecule has 0 saturated heterocycles. The summed E-state index contributed by atoms with van der Waals surface area (Å²) < 4.78 is 5.02. The van der Waals surface area contributed by atoms with Gasteiger partial charge in [0.25, 0.3) is 0 Å². The molecule has 1 rings (SSSR count). The Morgan fingerprint density at radius 1 is 1.73 bits per heavy atom. The molecule has 0 unspecified atom stereocenters. The predicted octanol–water partition coefficient (Wildman–Crippen LogP) is 2.23. The molecule has 60 valence electrons. The molecule has 0 atom stereocenters. The highest BCUT2D eigenvalue weighted by atomic mass is 16.5. The fourth-order valence-corrected chi connectivity index (χ4v) is 0.777. The smallest absolute Gasteiger partial charge is 0.192 e. The van der Waals surface area contributed by atoms with Gasteiger partial charge in [-0.1, -0.05) is 11.6 Å². The minimum Gasteiger partial charge on any atom is -0.448 e. The molecule has 2 nitrogen and oxygen atoms in total. The van der Waals surface area contributed by atoms with Gasteiger partial charge in [-0.05, 0) is 20.4 Å². The van der Waals surface area contributed by atoms with Gasteiger partial charge in [0.1, 0.15) is 6.26 Å². The van der Waals surface area contributed by atoms with Crippen molar-refractivity contribution < 1.29 is 4.74 Å². The minimum absolute atomic E-state index is 0.697. The summed E-state index contributed by atoms with van der Waals surface area (Å²) in [6, 6.07) is 0. The molecule has 11 heavy (non-hydrogen) atoms. The van der Waals surface area contributed by atoms with Gasteiger partial charge in [-0.3, -0.25) is 0 Å². The summed E-state index contributed by atoms with van der Waals surface area (Å²) >= 11 is 0. The molecule has 0 aromatic rings. The highest BCUT2D eigenvalue weighted by Crippen LogP contribution is 2.12. The molecule has 0 amide bonds. The van der Waals surface area contributed by atoms with Crippen molar-refractivity contribution >= 4 is 0 Å². The van der Waals surface area contributed by atoms with Crippen LogP contribution in [0.4, 0.5) is 0 Å². The molecule has 0 aliphatic carbocycles. The normalized spacial score (nSPS) is 15.1. The number of rotatable bonds is 2. The average molecular weight is 151 g/mol. The highest BCUT2D eigenvalue weighted by molar-refractivity contribution is 5.05. The van der Waals surface area contributed by atoms with Crippen LogP contribution in [-0.2, 0) is 4.74 Å². The van der Waals surface area contributed by atoms with Crippen LogP contribution in [-0.4, -0.2) is 11.4 Å². The van der Waals surface area contributed by atoms with Crippen LogP contribution >= 0.6 is 0 Å². The first-order valence-electron chi connectivity index (χ1n) is 3.62. The maximum Gasteiger partial charge on any atom is 0.192 e. The van der Waals surface area contributed by atoms with Gasteiger partial charge < -0.3 is 9.64 Å². The predicted molar refractivity (Wildman–Crippen MR) is 45.5 cm³/mol. The van der Waals surface area contributed by atoms with Crippen LogP contribution in [0.15, 0.2) is 36.6 Å². The fourth-order valence-electron chi connectivity index (χ4n) is 0.777. The van der Waals surface area contributed by atoms with E-state index >= 15 is 0 Å². The van der Waals surface area contributed by atoms with Gasteiger partial charge in [0.2, 0.25) is 0 Å². The molecule has 0 spiro atoms. The zero-order chi connectivity index (χ0) is 8.27. The molecule has 2 heteroatoms. The zero-order valence-corrected chi connectivity index (χ0v) is 7.00. The lowest BCUT2D eigenvalue weighted by atomic mass is 10.3. The van der Waals surface area contributed by atoms with E-state index in [1.807, 2.05) is 11.1 Å². The summed E-state index contributed by atoms with van der Waals surface area (Å²) in [5.41, 5.74) is 1.30. The van der Waals surface area contributed by atoms with E-state index in [2.05, 4.69) is 26.5 Å². The molecule has 0 bridgehead atoms. The van der Waals surface area contributed by atoms with E-state index in [-0.39, 0.29) is 0 Å². The Labute approximate surface area is 67.5 Å². The maximum absolute atomic E-state index is 5.02. The van der Waals surface area contributed by atoms with Crippen molar-refractivity contribution in [3.8, 4) is 0 Å². The fraction of sp³-hybridized carbons (Fsp3) is 0.333. The van der Waals surface area contributed by atoms with Crippen LogP contribution in [0.2, 0.25) is 0 Å². The molecule has 0 aromatic carbocycles. The first kappa shape index (κ1) is 7.92. The van der Waals surface area contributed by atoms with Crippen LogP contribution in [0.3, 0.4) is 0 Å². The van der Waals surface area contributed by atoms with E-state index in [0.717, 1.165) is 6.54 Å². The summed E-state index contributed by atoms with van der Waals surface area (Å²) in [5, 5.41) is 0. The summed E-state index contributed by atoms with van der Waals surface area (Å²) in [7, 11) is 0. The molecular formula is C9H13NO. The van der Waals surface area contributed by atoms with Gasteiger partial charge >= 0.3 is 0 Å². The third kappa shape index (κ3) is 2.15. The molecule has 0 radical (unpaired) electrons. The lowest BCUT2D eigenvalue weighted by Gasteiger charge is -2.12. The number of ether oxygens (including phenoxy) is 1. The molecular weight excluding hydrogens is 138 g/mol. The summed E-state index contributed by atoms with van der Waals surface area (Å²) in [6.07, 6.45) is 5.65. The Balaban J connectivity index is 2.44. The van der Waals surface area contributed by atoms with Gasteiger partial charge in [-0.25, -0.2) is 0 Å². The summed E-state index contributed by atoms with van der Waals surface area (Å²) in [4.78, 5) is 1.95. The quantitative estimate of drug-likeness (QED) is 0.561. The number of allylic oxidation sites excluding steroid dienone is 1. The topological polar surface area (TPSA) is 12.5 Å². The molecule has 0 fully saturated rings. The SMILES string of the molecule is C=C1OC=CN1CC=C(C)C. The van der Waals surface area contributed by atoms with Crippen LogP contribution in [0.1, 0.15) is 13.8 Å². The van der Waals surface area contributed by atoms with Crippen molar-refractivity contribution in [3.63, 3.8) is 0 Å². The zero-order valence-electron chi connectivity index (χ0n) is 7.00. The van der Waals surface area contributed by atoms with Crippen molar-refractivity contribution in [1.29, 1.82) is 0 Å². The van der Waals surface area contributed by atoms with E-state index < -0.39 is 0 Å². The Bertz CT molecular complexity index is 212. The molecule has 1 aliphatic rings. The van der Waals surface area contributed by atoms with Gasteiger partial charge in [0, 0.05) is 12.7 Å². The van der Waals surface area contributed by atoms with E-state index in [1.54, 1.807) is 6.26 Å². The molecule has 0 saturated carbocycles. The van der Waals surface area contributed by atoms with Gasteiger partial charge in [-0.15, -0.1) is 0 Å². The van der Waals surface area contributed by atoms with Gasteiger partial charge in [-0.2, -0.15) is 0 Å². The first-order valence-corrected chi connectivity index (χ1v) is 3.62. The lowest BCUT2D eigenvalue weighted by Crippen LogP contribution is -2.12. The van der Waals surface area contributed by atoms with Crippen molar-refractivity contribution in [1.82, 2.24) is 4.90 Å². The van der Waals surface area contributed by atoms with Crippen molar-refractivity contribution in [2.24, 2.45) is 0 Å². The largest absolute Gasteiger partial charge is 0.448 e. The monoisotopic (exact) mass is 151 g/mol. The maximum atomic E-state index is 5.02. The van der Waals surface area contributed by atoms with Crippen LogP contribution in [0.25, 0.3) is 0 Å². The van der Waals surface area contributed by atoms with Crippen molar-refractivity contribution in [2.45, 2.75) is 13.8 Å². The van der Waals surface area contributed by atoms with E-state index in [1.165, 1.54) is 5.57 Å². The standard InChI is InChI=1S/C9H13NO/c1-8(2)4-5-10-6-7-11-9(10)3/h4,6-7H,3,5H2,1-2H3. The second-order valence-corrected chi connectivity index (χ2v) is 2.73. The second-order valence-electron chi connectivity index (χ2n) is 2.73. The van der Waals surface area contributed by atoms with Gasteiger partial charge in [0.05, 0.1) is 0 Å². The number of nitrogens with zero attached hydrogens (tertiary/aromatic N) is 1. The Morgan fingerprint density at radius 2 is 2.45 bits per heavy atom. The lowest BCUT2D eigenvalue weighted by molar-refractivity contribution is 0.286. The highest BCUT2D eigenvalue weighted by Gasteiger charge is 2.07. The summed E-state index contributed by atoms with van der Waals surface area (Å²) in [5.74, 6) is 0.697. The number of hydrogen-bond acceptors (Lipinski definition) is 2. The Morgan fingerprint density at radius 3 is 2.91 bits per heavy atom. The van der Waals surface area contributed by atoms with E-state index in [4.69, 9.17) is 4.74 Å². The summed E-state index contributed by atoms with van der Waals surface area (Å²) in [6.45, 7) is 8.72. The molecule has 1 aliphatic heterocycles. The van der Waals surface area contributed by atoms with E-state index in [0.29, 0.717) is 5.88 Å². The van der Waals surface area contributed by atoms with Crippen molar-refractivity contribution in [2.75, 3.05) is 6.54 Å². The molecule has 1 heterocycles. The van der Waals surface area contributed by atoms with Crippen LogP contribution in [0, 0.1) is 0 Å². The first-order chi connectivity index (χ1) is 5.20.